The Labute approximate surface area is 188 Å². The summed E-state index contributed by atoms with van der Waals surface area (Å²) in [6.45, 7) is 9.77. The molecule has 0 spiro atoms. The van der Waals surface area contributed by atoms with Crippen LogP contribution >= 0.6 is 0 Å². The fourth-order valence-corrected chi connectivity index (χ4v) is 2.91. The lowest BCUT2D eigenvalue weighted by Crippen LogP contribution is -2.31. The number of anilines is 2. The van der Waals surface area contributed by atoms with Crippen LogP contribution in [-0.4, -0.2) is 38.6 Å². The Bertz CT molecular complexity index is 1040. The molecule has 7 nitrogen and oxygen atoms in total. The second-order valence-corrected chi connectivity index (χ2v) is 7.27. The van der Waals surface area contributed by atoms with Crippen LogP contribution in [0.1, 0.15) is 56.5 Å². The second kappa shape index (κ2) is 11.9. The molecule has 0 saturated heterocycles. The van der Waals surface area contributed by atoms with Gasteiger partial charge >= 0.3 is 0 Å². The molecule has 0 aromatic carbocycles. The predicted molar refractivity (Wildman–Crippen MR) is 124 cm³/mol. The Morgan fingerprint density at radius 2 is 1.75 bits per heavy atom. The summed E-state index contributed by atoms with van der Waals surface area (Å²) in [7, 11) is 0. The highest BCUT2D eigenvalue weighted by atomic mass is 19.1. The van der Waals surface area contributed by atoms with E-state index in [0.29, 0.717) is 28.2 Å². The summed E-state index contributed by atoms with van der Waals surface area (Å²) in [6.07, 6.45) is 6.88. The number of halogens is 1. The van der Waals surface area contributed by atoms with E-state index in [0.717, 1.165) is 5.56 Å². The fraction of sp³-hybridized carbons (Fsp3) is 0.333. The third-order valence-electron chi connectivity index (χ3n) is 4.49. The molecule has 0 aliphatic rings. The molecule has 0 aliphatic carbocycles. The number of hydrogen-bond donors (Lipinski definition) is 3. The molecule has 0 radical (unpaired) electrons. The standard InChI is InChI=1S/C22H24FN5O2.C2H6/c1-13(2)15-12-26-20(16-10-24-6-4-18(16)23)8-21(15)28-19-5-7-25-11-17(19)22(30)27-9-14(3)29;1-2/h4-8,10-14,29H,9H2,1-3H3,(H,27,30)(H,25,26,28);1-2H3. The molecule has 0 saturated carbocycles. The zero-order valence-electron chi connectivity index (χ0n) is 19.1. The minimum absolute atomic E-state index is 0.129. The van der Waals surface area contributed by atoms with Crippen LogP contribution in [0.4, 0.5) is 15.8 Å². The van der Waals surface area contributed by atoms with Crippen LogP contribution in [0, 0.1) is 5.82 Å². The van der Waals surface area contributed by atoms with Gasteiger partial charge in [-0.25, -0.2) is 4.39 Å². The molecule has 8 heteroatoms. The van der Waals surface area contributed by atoms with Crippen molar-refractivity contribution in [3.05, 3.63) is 66.1 Å². The van der Waals surface area contributed by atoms with Crippen LogP contribution in [0.5, 0.6) is 0 Å². The molecule has 1 amide bonds. The Morgan fingerprint density at radius 3 is 2.41 bits per heavy atom. The van der Waals surface area contributed by atoms with Crippen molar-refractivity contribution in [3.8, 4) is 11.3 Å². The topological polar surface area (TPSA) is 100 Å². The highest BCUT2D eigenvalue weighted by molar-refractivity contribution is 6.00. The number of amides is 1. The van der Waals surface area contributed by atoms with Crippen LogP contribution in [-0.2, 0) is 0 Å². The fourth-order valence-electron chi connectivity index (χ4n) is 2.91. The highest BCUT2D eigenvalue weighted by Crippen LogP contribution is 2.31. The number of aliphatic hydroxyl groups is 1. The first-order valence-electron chi connectivity index (χ1n) is 10.6. The van der Waals surface area contributed by atoms with E-state index in [4.69, 9.17) is 0 Å². The summed E-state index contributed by atoms with van der Waals surface area (Å²) in [5.74, 6) is -0.629. The smallest absolute Gasteiger partial charge is 0.255 e. The molecule has 0 bridgehead atoms. The molecule has 32 heavy (non-hydrogen) atoms. The largest absolute Gasteiger partial charge is 0.392 e. The zero-order chi connectivity index (χ0) is 23.7. The monoisotopic (exact) mass is 439 g/mol. The SMILES string of the molecule is CC.CC(O)CNC(=O)c1cnccc1Nc1cc(-c2cnccc2F)ncc1C(C)C. The van der Waals surface area contributed by atoms with Crippen LogP contribution in [0.2, 0.25) is 0 Å². The lowest BCUT2D eigenvalue weighted by Gasteiger charge is -2.18. The Morgan fingerprint density at radius 1 is 1.06 bits per heavy atom. The molecular formula is C24H30FN5O2. The summed E-state index contributed by atoms with van der Waals surface area (Å²) in [5.41, 5.74) is 3.21. The average Bonchev–Trinajstić information content (AvgIpc) is 2.79. The number of hydrogen-bond acceptors (Lipinski definition) is 6. The van der Waals surface area contributed by atoms with E-state index in [1.807, 2.05) is 27.7 Å². The number of carbonyl (C=O) groups is 1. The van der Waals surface area contributed by atoms with Crippen molar-refractivity contribution in [1.29, 1.82) is 0 Å². The molecule has 3 rings (SSSR count). The van der Waals surface area contributed by atoms with Gasteiger partial charge < -0.3 is 15.7 Å². The Kier molecular flexibility index (Phi) is 9.22. The number of pyridine rings is 3. The number of carbonyl (C=O) groups excluding carboxylic acids is 1. The highest BCUT2D eigenvalue weighted by Gasteiger charge is 2.16. The van der Waals surface area contributed by atoms with E-state index in [-0.39, 0.29) is 18.4 Å². The van der Waals surface area contributed by atoms with Gasteiger partial charge in [-0.2, -0.15) is 0 Å². The van der Waals surface area contributed by atoms with Gasteiger partial charge in [-0.05, 0) is 36.6 Å². The quantitative estimate of drug-likeness (QED) is 0.494. The first-order chi connectivity index (χ1) is 15.4. The number of rotatable bonds is 7. The van der Waals surface area contributed by atoms with Gasteiger partial charge in [-0.15, -0.1) is 0 Å². The molecule has 3 aromatic heterocycles. The van der Waals surface area contributed by atoms with Crippen molar-refractivity contribution in [2.24, 2.45) is 0 Å². The molecule has 1 unspecified atom stereocenters. The minimum atomic E-state index is -0.660. The molecule has 1 atom stereocenters. The summed E-state index contributed by atoms with van der Waals surface area (Å²) in [4.78, 5) is 25.0. The van der Waals surface area contributed by atoms with Crippen LogP contribution in [0.3, 0.4) is 0 Å². The van der Waals surface area contributed by atoms with E-state index >= 15 is 0 Å². The van der Waals surface area contributed by atoms with Gasteiger partial charge in [0.2, 0.25) is 0 Å². The van der Waals surface area contributed by atoms with Crippen LogP contribution < -0.4 is 10.6 Å². The lowest BCUT2D eigenvalue weighted by molar-refractivity contribution is 0.0924. The molecule has 3 N–H and O–H groups in total. The van der Waals surface area contributed by atoms with Crippen LogP contribution in [0.25, 0.3) is 11.3 Å². The van der Waals surface area contributed by atoms with Crippen molar-refractivity contribution >= 4 is 17.3 Å². The van der Waals surface area contributed by atoms with Crippen molar-refractivity contribution < 1.29 is 14.3 Å². The maximum absolute atomic E-state index is 14.2. The molecule has 3 aromatic rings. The number of nitrogens with one attached hydrogen (secondary N) is 2. The summed E-state index contributed by atoms with van der Waals surface area (Å²) in [6, 6.07) is 4.72. The first-order valence-corrected chi connectivity index (χ1v) is 10.6. The van der Waals surface area contributed by atoms with E-state index in [2.05, 4.69) is 25.6 Å². The van der Waals surface area contributed by atoms with Crippen molar-refractivity contribution in [1.82, 2.24) is 20.3 Å². The van der Waals surface area contributed by atoms with Crippen LogP contribution in [0.15, 0.2) is 49.2 Å². The molecule has 170 valence electrons. The number of nitrogens with zero attached hydrogens (tertiary/aromatic N) is 3. The summed E-state index contributed by atoms with van der Waals surface area (Å²) < 4.78 is 14.2. The van der Waals surface area contributed by atoms with E-state index in [9.17, 15) is 14.3 Å². The van der Waals surface area contributed by atoms with E-state index in [1.54, 1.807) is 31.5 Å². The third kappa shape index (κ3) is 6.31. The number of aliphatic hydroxyl groups excluding tert-OH is 1. The Balaban J connectivity index is 0.00000176. The van der Waals surface area contributed by atoms with Crippen molar-refractivity contribution in [2.45, 2.75) is 46.6 Å². The summed E-state index contributed by atoms with van der Waals surface area (Å²) >= 11 is 0. The van der Waals surface area contributed by atoms with Crippen molar-refractivity contribution in [2.75, 3.05) is 11.9 Å². The maximum Gasteiger partial charge on any atom is 0.255 e. The first kappa shape index (κ1) is 24.9. The zero-order valence-corrected chi connectivity index (χ0v) is 19.1. The van der Waals surface area contributed by atoms with Gasteiger partial charge in [0, 0.05) is 43.2 Å². The number of aromatic nitrogens is 3. The normalized spacial score (nSPS) is 11.4. The van der Waals surface area contributed by atoms with Gasteiger partial charge in [-0.1, -0.05) is 27.7 Å². The average molecular weight is 440 g/mol. The van der Waals surface area contributed by atoms with Gasteiger partial charge in [0.25, 0.3) is 5.91 Å². The van der Waals surface area contributed by atoms with Crippen molar-refractivity contribution in [3.63, 3.8) is 0 Å². The maximum atomic E-state index is 14.2. The minimum Gasteiger partial charge on any atom is -0.392 e. The summed E-state index contributed by atoms with van der Waals surface area (Å²) in [5, 5.41) is 15.4. The molecular weight excluding hydrogens is 409 g/mol. The van der Waals surface area contributed by atoms with Gasteiger partial charge in [0.05, 0.1) is 28.6 Å². The second-order valence-electron chi connectivity index (χ2n) is 7.27. The lowest BCUT2D eigenvalue weighted by atomic mass is 10.0. The van der Waals surface area contributed by atoms with E-state index < -0.39 is 11.9 Å². The molecule has 0 aliphatic heterocycles. The van der Waals surface area contributed by atoms with Gasteiger partial charge in [0.1, 0.15) is 5.82 Å². The predicted octanol–water partition coefficient (Wildman–Crippen LogP) is 4.68. The molecule has 0 fully saturated rings. The molecule has 3 heterocycles. The van der Waals surface area contributed by atoms with Gasteiger partial charge in [0.15, 0.2) is 0 Å². The van der Waals surface area contributed by atoms with Gasteiger partial charge in [-0.3, -0.25) is 19.7 Å². The Hall–Kier alpha value is -3.39. The van der Waals surface area contributed by atoms with E-state index in [1.165, 1.54) is 24.7 Å². The third-order valence-corrected chi connectivity index (χ3v) is 4.49.